The van der Waals surface area contributed by atoms with Crippen molar-refractivity contribution in [3.63, 3.8) is 0 Å². The highest BCUT2D eigenvalue weighted by Crippen LogP contribution is 2.17. The van der Waals surface area contributed by atoms with E-state index in [0.29, 0.717) is 12.6 Å². The Morgan fingerprint density at radius 1 is 1.37 bits per heavy atom. The van der Waals surface area contributed by atoms with Crippen molar-refractivity contribution in [3.05, 3.63) is 39.9 Å². The number of nitro benzene ring substituents is 1. The second kappa shape index (κ2) is 6.63. The molecule has 1 aromatic carbocycles. The quantitative estimate of drug-likeness (QED) is 0.631. The van der Waals surface area contributed by atoms with E-state index in [1.54, 1.807) is 12.1 Å². The molecule has 104 valence electrons. The van der Waals surface area contributed by atoms with Crippen LogP contribution in [0.1, 0.15) is 25.3 Å². The van der Waals surface area contributed by atoms with E-state index in [4.69, 9.17) is 0 Å². The maximum Gasteiger partial charge on any atom is 0.273 e. The van der Waals surface area contributed by atoms with E-state index in [2.05, 4.69) is 17.1 Å². The van der Waals surface area contributed by atoms with E-state index in [0.717, 1.165) is 12.1 Å². The van der Waals surface area contributed by atoms with Crippen LogP contribution in [0.15, 0.2) is 24.3 Å². The van der Waals surface area contributed by atoms with Crippen molar-refractivity contribution in [1.82, 2.24) is 10.2 Å². The maximum absolute atomic E-state index is 10.9. The normalized spacial score (nSPS) is 17.5. The number of benzene rings is 1. The van der Waals surface area contributed by atoms with Gasteiger partial charge in [0.25, 0.3) is 5.69 Å². The Balaban J connectivity index is 1.83. The summed E-state index contributed by atoms with van der Waals surface area (Å²) in [6.07, 6.45) is 2.57. The highest BCUT2D eigenvalue weighted by molar-refractivity contribution is 5.39. The number of para-hydroxylation sites is 1. The SMILES string of the molecule is CC(CNCc1ccccc1[N+](=O)[O-])N1CCCC1. The Kier molecular flexibility index (Phi) is 4.87. The number of hydrogen-bond acceptors (Lipinski definition) is 4. The molecule has 1 atom stereocenters. The van der Waals surface area contributed by atoms with Crippen LogP contribution in [0.5, 0.6) is 0 Å². The van der Waals surface area contributed by atoms with Gasteiger partial charge in [0.1, 0.15) is 0 Å². The third-order valence-electron chi connectivity index (χ3n) is 3.71. The molecule has 5 heteroatoms. The van der Waals surface area contributed by atoms with Crippen molar-refractivity contribution in [2.75, 3.05) is 19.6 Å². The molecule has 0 radical (unpaired) electrons. The molecule has 0 amide bonds. The molecule has 0 saturated carbocycles. The minimum Gasteiger partial charge on any atom is -0.311 e. The maximum atomic E-state index is 10.9. The molecule has 1 saturated heterocycles. The molecular weight excluding hydrogens is 242 g/mol. The Hall–Kier alpha value is -1.46. The lowest BCUT2D eigenvalue weighted by molar-refractivity contribution is -0.385. The van der Waals surface area contributed by atoms with Gasteiger partial charge in [0.2, 0.25) is 0 Å². The Labute approximate surface area is 113 Å². The largest absolute Gasteiger partial charge is 0.311 e. The van der Waals surface area contributed by atoms with Crippen LogP contribution in [0.4, 0.5) is 5.69 Å². The van der Waals surface area contributed by atoms with Crippen LogP contribution in [-0.4, -0.2) is 35.5 Å². The molecule has 0 spiro atoms. The topological polar surface area (TPSA) is 58.4 Å². The highest BCUT2D eigenvalue weighted by Gasteiger charge is 2.18. The van der Waals surface area contributed by atoms with Gasteiger partial charge in [-0.25, -0.2) is 0 Å². The zero-order valence-corrected chi connectivity index (χ0v) is 11.3. The molecule has 1 N–H and O–H groups in total. The van der Waals surface area contributed by atoms with E-state index in [-0.39, 0.29) is 10.6 Å². The lowest BCUT2D eigenvalue weighted by Gasteiger charge is -2.23. The van der Waals surface area contributed by atoms with Gasteiger partial charge in [-0.3, -0.25) is 15.0 Å². The second-order valence-corrected chi connectivity index (χ2v) is 5.11. The second-order valence-electron chi connectivity index (χ2n) is 5.11. The van der Waals surface area contributed by atoms with Crippen LogP contribution in [0.3, 0.4) is 0 Å². The molecule has 0 aromatic heterocycles. The first-order chi connectivity index (χ1) is 9.18. The van der Waals surface area contributed by atoms with Crippen LogP contribution in [0, 0.1) is 10.1 Å². The van der Waals surface area contributed by atoms with Gasteiger partial charge in [0.05, 0.1) is 4.92 Å². The standard InChI is InChI=1S/C14H21N3O2/c1-12(16-8-4-5-9-16)10-15-11-13-6-2-3-7-14(13)17(18)19/h2-3,6-7,12,15H,4-5,8-11H2,1H3. The van der Waals surface area contributed by atoms with Crippen LogP contribution in [0.25, 0.3) is 0 Å². The third-order valence-corrected chi connectivity index (χ3v) is 3.71. The zero-order chi connectivity index (χ0) is 13.7. The van der Waals surface area contributed by atoms with Gasteiger partial charge < -0.3 is 5.32 Å². The summed E-state index contributed by atoms with van der Waals surface area (Å²) in [6.45, 7) is 5.97. The van der Waals surface area contributed by atoms with E-state index < -0.39 is 0 Å². The van der Waals surface area contributed by atoms with E-state index >= 15 is 0 Å². The zero-order valence-electron chi connectivity index (χ0n) is 11.3. The van der Waals surface area contributed by atoms with Gasteiger partial charge in [0.15, 0.2) is 0 Å². The Morgan fingerprint density at radius 3 is 2.74 bits per heavy atom. The molecular formula is C14H21N3O2. The predicted octanol–water partition coefficient (Wildman–Crippen LogP) is 2.17. The summed E-state index contributed by atoms with van der Waals surface area (Å²) in [4.78, 5) is 13.0. The van der Waals surface area contributed by atoms with Crippen molar-refractivity contribution in [2.24, 2.45) is 0 Å². The first-order valence-electron chi connectivity index (χ1n) is 6.85. The summed E-state index contributed by atoms with van der Waals surface area (Å²) in [6, 6.07) is 7.40. The predicted molar refractivity (Wildman–Crippen MR) is 75.1 cm³/mol. The van der Waals surface area contributed by atoms with Crippen molar-refractivity contribution in [1.29, 1.82) is 0 Å². The van der Waals surface area contributed by atoms with Crippen LogP contribution < -0.4 is 5.32 Å². The third kappa shape index (κ3) is 3.75. The minimum absolute atomic E-state index is 0.198. The average molecular weight is 263 g/mol. The van der Waals surface area contributed by atoms with E-state index in [1.807, 2.05) is 12.1 Å². The number of hydrogen-bond donors (Lipinski definition) is 1. The first kappa shape index (κ1) is 14.0. The number of nitrogens with one attached hydrogen (secondary N) is 1. The molecule has 1 heterocycles. The van der Waals surface area contributed by atoms with E-state index in [1.165, 1.54) is 25.9 Å². The number of rotatable bonds is 6. The summed E-state index contributed by atoms with van der Waals surface area (Å²) in [5.74, 6) is 0. The number of likely N-dealkylation sites (tertiary alicyclic amines) is 1. The van der Waals surface area contributed by atoms with E-state index in [9.17, 15) is 10.1 Å². The van der Waals surface area contributed by atoms with Crippen molar-refractivity contribution in [3.8, 4) is 0 Å². The van der Waals surface area contributed by atoms with Gasteiger partial charge in [-0.1, -0.05) is 18.2 Å². The summed E-state index contributed by atoms with van der Waals surface area (Å²) < 4.78 is 0. The summed E-state index contributed by atoms with van der Waals surface area (Å²) in [7, 11) is 0. The molecule has 5 nitrogen and oxygen atoms in total. The lowest BCUT2D eigenvalue weighted by atomic mass is 10.2. The van der Waals surface area contributed by atoms with Gasteiger partial charge in [-0.2, -0.15) is 0 Å². The van der Waals surface area contributed by atoms with Crippen molar-refractivity contribution < 1.29 is 4.92 Å². The molecule has 1 aliphatic rings. The van der Waals surface area contributed by atoms with Gasteiger partial charge in [0, 0.05) is 30.8 Å². The summed E-state index contributed by atoms with van der Waals surface area (Å²) >= 11 is 0. The van der Waals surface area contributed by atoms with Crippen LogP contribution in [0.2, 0.25) is 0 Å². The van der Waals surface area contributed by atoms with Crippen molar-refractivity contribution >= 4 is 5.69 Å². The average Bonchev–Trinajstić information content (AvgIpc) is 2.93. The Morgan fingerprint density at radius 2 is 2.05 bits per heavy atom. The van der Waals surface area contributed by atoms with Crippen LogP contribution in [-0.2, 0) is 6.54 Å². The fourth-order valence-corrected chi connectivity index (χ4v) is 2.57. The Bertz CT molecular complexity index is 430. The van der Waals surface area contributed by atoms with Gasteiger partial charge >= 0.3 is 0 Å². The fourth-order valence-electron chi connectivity index (χ4n) is 2.57. The van der Waals surface area contributed by atoms with Crippen molar-refractivity contribution in [2.45, 2.75) is 32.4 Å². The first-order valence-corrected chi connectivity index (χ1v) is 6.85. The minimum atomic E-state index is -0.319. The molecule has 2 rings (SSSR count). The lowest BCUT2D eigenvalue weighted by Crippen LogP contribution is -2.38. The molecule has 19 heavy (non-hydrogen) atoms. The highest BCUT2D eigenvalue weighted by atomic mass is 16.6. The monoisotopic (exact) mass is 263 g/mol. The van der Waals surface area contributed by atoms with Gasteiger partial charge in [-0.15, -0.1) is 0 Å². The molecule has 0 aliphatic carbocycles. The summed E-state index contributed by atoms with van der Waals surface area (Å²) in [5, 5.41) is 14.2. The molecule has 1 aromatic rings. The number of nitro groups is 1. The van der Waals surface area contributed by atoms with Gasteiger partial charge in [-0.05, 0) is 32.9 Å². The fraction of sp³-hybridized carbons (Fsp3) is 0.571. The summed E-state index contributed by atoms with van der Waals surface area (Å²) in [5.41, 5.74) is 0.949. The molecule has 1 fully saturated rings. The van der Waals surface area contributed by atoms with Crippen LogP contribution >= 0.6 is 0 Å². The molecule has 1 unspecified atom stereocenters. The molecule has 1 aliphatic heterocycles. The number of nitrogens with zero attached hydrogens (tertiary/aromatic N) is 2. The smallest absolute Gasteiger partial charge is 0.273 e. The molecule has 0 bridgehead atoms.